The Morgan fingerprint density at radius 2 is 1.90 bits per heavy atom. The van der Waals surface area contributed by atoms with Crippen LogP contribution in [0, 0.1) is 0 Å². The van der Waals surface area contributed by atoms with Crippen molar-refractivity contribution in [2.75, 3.05) is 10.7 Å². The van der Waals surface area contributed by atoms with Gasteiger partial charge in [0.15, 0.2) is 0 Å². The summed E-state index contributed by atoms with van der Waals surface area (Å²) in [6.45, 7) is 3.92. The van der Waals surface area contributed by atoms with Gasteiger partial charge in [0.2, 0.25) is 0 Å². The second-order valence-corrected chi connectivity index (χ2v) is 4.72. The van der Waals surface area contributed by atoms with Crippen LogP contribution in [-0.2, 0) is 0 Å². The molecule has 1 aromatic carbocycles. The predicted octanol–water partition coefficient (Wildman–Crippen LogP) is 2.41. The zero-order chi connectivity index (χ0) is 15.2. The molecule has 0 aliphatic carbocycles. The quantitative estimate of drug-likeness (QED) is 0.580. The molecule has 1 heterocycles. The first kappa shape index (κ1) is 14.8. The largest absolute Gasteiger partial charge is 0.491 e. The van der Waals surface area contributed by atoms with E-state index in [1.165, 1.54) is 6.20 Å². The third-order valence-corrected chi connectivity index (χ3v) is 2.66. The standard InChI is InChI=1S/C15H18N4O2/c1-10(2)21-13-6-4-12(5-7-13)18-15(20)11-3-8-14(19-16)17-9-11/h3-10H,16H2,1-2H3,(H,17,19)(H,18,20). The molecule has 1 aromatic heterocycles. The number of aromatic nitrogens is 1. The minimum atomic E-state index is -0.233. The number of hydrogen-bond donors (Lipinski definition) is 3. The number of hydrazine groups is 1. The number of ether oxygens (including phenoxy) is 1. The van der Waals surface area contributed by atoms with Gasteiger partial charge in [0.1, 0.15) is 11.6 Å². The maximum Gasteiger partial charge on any atom is 0.257 e. The van der Waals surface area contributed by atoms with Gasteiger partial charge in [-0.1, -0.05) is 0 Å². The van der Waals surface area contributed by atoms with Crippen molar-refractivity contribution >= 4 is 17.4 Å². The van der Waals surface area contributed by atoms with E-state index in [1.54, 1.807) is 24.3 Å². The van der Waals surface area contributed by atoms with Crippen LogP contribution in [0.15, 0.2) is 42.6 Å². The molecule has 0 saturated carbocycles. The Morgan fingerprint density at radius 3 is 2.43 bits per heavy atom. The van der Waals surface area contributed by atoms with E-state index in [0.29, 0.717) is 17.1 Å². The average molecular weight is 286 g/mol. The van der Waals surface area contributed by atoms with E-state index in [9.17, 15) is 4.79 Å². The van der Waals surface area contributed by atoms with Crippen molar-refractivity contribution in [1.82, 2.24) is 4.98 Å². The van der Waals surface area contributed by atoms with Gasteiger partial charge in [0, 0.05) is 11.9 Å². The molecule has 0 aliphatic rings. The van der Waals surface area contributed by atoms with Gasteiger partial charge in [-0.25, -0.2) is 10.8 Å². The van der Waals surface area contributed by atoms with Gasteiger partial charge in [-0.2, -0.15) is 0 Å². The Hall–Kier alpha value is -2.60. The molecule has 0 radical (unpaired) electrons. The van der Waals surface area contributed by atoms with E-state index in [0.717, 1.165) is 5.75 Å². The predicted molar refractivity (Wildman–Crippen MR) is 82.2 cm³/mol. The second-order valence-electron chi connectivity index (χ2n) is 4.72. The van der Waals surface area contributed by atoms with Crippen molar-refractivity contribution in [2.24, 2.45) is 5.84 Å². The van der Waals surface area contributed by atoms with Gasteiger partial charge >= 0.3 is 0 Å². The van der Waals surface area contributed by atoms with E-state index in [-0.39, 0.29) is 12.0 Å². The number of rotatable bonds is 5. The SMILES string of the molecule is CC(C)Oc1ccc(NC(=O)c2ccc(NN)nc2)cc1. The number of carbonyl (C=O) groups excluding carboxylic acids is 1. The molecule has 1 amide bonds. The van der Waals surface area contributed by atoms with Gasteiger partial charge in [-0.3, -0.25) is 4.79 Å². The molecule has 0 atom stereocenters. The molecule has 0 saturated heterocycles. The minimum absolute atomic E-state index is 0.117. The van der Waals surface area contributed by atoms with Crippen LogP contribution in [0.2, 0.25) is 0 Å². The molecular formula is C15H18N4O2. The monoisotopic (exact) mass is 286 g/mol. The summed E-state index contributed by atoms with van der Waals surface area (Å²) in [4.78, 5) is 16.0. The Bertz CT molecular complexity index is 594. The van der Waals surface area contributed by atoms with Gasteiger partial charge in [0.05, 0.1) is 11.7 Å². The first-order valence-corrected chi connectivity index (χ1v) is 6.59. The topological polar surface area (TPSA) is 89.3 Å². The summed E-state index contributed by atoms with van der Waals surface area (Å²) >= 11 is 0. The molecular weight excluding hydrogens is 268 g/mol. The third-order valence-electron chi connectivity index (χ3n) is 2.66. The fraction of sp³-hybridized carbons (Fsp3) is 0.200. The number of nitrogens with two attached hydrogens (primary N) is 1. The molecule has 21 heavy (non-hydrogen) atoms. The molecule has 6 nitrogen and oxygen atoms in total. The molecule has 0 fully saturated rings. The van der Waals surface area contributed by atoms with Crippen LogP contribution in [0.3, 0.4) is 0 Å². The van der Waals surface area contributed by atoms with Crippen molar-refractivity contribution in [3.63, 3.8) is 0 Å². The van der Waals surface area contributed by atoms with Crippen molar-refractivity contribution in [3.8, 4) is 5.75 Å². The van der Waals surface area contributed by atoms with Crippen molar-refractivity contribution in [2.45, 2.75) is 20.0 Å². The van der Waals surface area contributed by atoms with E-state index in [4.69, 9.17) is 10.6 Å². The first-order chi connectivity index (χ1) is 10.1. The highest BCUT2D eigenvalue weighted by molar-refractivity contribution is 6.04. The number of benzene rings is 1. The number of nitrogens with one attached hydrogen (secondary N) is 2. The highest BCUT2D eigenvalue weighted by Gasteiger charge is 2.07. The maximum atomic E-state index is 12.0. The van der Waals surface area contributed by atoms with Crippen LogP contribution in [0.5, 0.6) is 5.75 Å². The number of carbonyl (C=O) groups is 1. The number of hydrogen-bond acceptors (Lipinski definition) is 5. The summed E-state index contributed by atoms with van der Waals surface area (Å²) in [7, 11) is 0. The molecule has 0 spiro atoms. The number of anilines is 2. The van der Waals surface area contributed by atoms with Gasteiger partial charge < -0.3 is 15.5 Å². The van der Waals surface area contributed by atoms with E-state index >= 15 is 0 Å². The normalized spacial score (nSPS) is 10.3. The summed E-state index contributed by atoms with van der Waals surface area (Å²) in [5.41, 5.74) is 3.55. The molecule has 110 valence electrons. The Balaban J connectivity index is 2.01. The summed E-state index contributed by atoms with van der Waals surface area (Å²) in [5, 5.41) is 2.79. The Kier molecular flexibility index (Phi) is 4.73. The lowest BCUT2D eigenvalue weighted by molar-refractivity contribution is 0.102. The van der Waals surface area contributed by atoms with Gasteiger partial charge in [0.25, 0.3) is 5.91 Å². The van der Waals surface area contributed by atoms with Crippen LogP contribution in [0.1, 0.15) is 24.2 Å². The van der Waals surface area contributed by atoms with Crippen molar-refractivity contribution < 1.29 is 9.53 Å². The number of pyridine rings is 1. The lowest BCUT2D eigenvalue weighted by Crippen LogP contribution is -2.13. The van der Waals surface area contributed by atoms with Crippen molar-refractivity contribution in [1.29, 1.82) is 0 Å². The van der Waals surface area contributed by atoms with E-state index < -0.39 is 0 Å². The zero-order valence-corrected chi connectivity index (χ0v) is 12.0. The highest BCUT2D eigenvalue weighted by atomic mass is 16.5. The Morgan fingerprint density at radius 1 is 1.19 bits per heavy atom. The van der Waals surface area contributed by atoms with Crippen molar-refractivity contribution in [3.05, 3.63) is 48.2 Å². The molecule has 4 N–H and O–H groups in total. The van der Waals surface area contributed by atoms with Crippen LogP contribution >= 0.6 is 0 Å². The van der Waals surface area contributed by atoms with Crippen LogP contribution < -0.4 is 21.3 Å². The van der Waals surface area contributed by atoms with E-state index in [2.05, 4.69) is 15.7 Å². The van der Waals surface area contributed by atoms with Crippen LogP contribution in [0.4, 0.5) is 11.5 Å². The summed E-state index contributed by atoms with van der Waals surface area (Å²) in [6.07, 6.45) is 1.58. The Labute approximate surface area is 123 Å². The summed E-state index contributed by atoms with van der Waals surface area (Å²) < 4.78 is 5.54. The smallest absolute Gasteiger partial charge is 0.257 e. The molecule has 2 rings (SSSR count). The van der Waals surface area contributed by atoms with Crippen LogP contribution in [0.25, 0.3) is 0 Å². The van der Waals surface area contributed by atoms with Gasteiger partial charge in [-0.15, -0.1) is 0 Å². The average Bonchev–Trinajstić information content (AvgIpc) is 2.49. The fourth-order valence-corrected chi connectivity index (χ4v) is 1.71. The van der Waals surface area contributed by atoms with Crippen LogP contribution in [-0.4, -0.2) is 17.0 Å². The molecule has 6 heteroatoms. The lowest BCUT2D eigenvalue weighted by Gasteiger charge is -2.10. The molecule has 0 unspecified atom stereocenters. The fourth-order valence-electron chi connectivity index (χ4n) is 1.71. The third kappa shape index (κ3) is 4.19. The number of nitrogens with zero attached hydrogens (tertiary/aromatic N) is 1. The molecule has 0 bridgehead atoms. The lowest BCUT2D eigenvalue weighted by atomic mass is 10.2. The number of nitrogen functional groups attached to an aromatic ring is 1. The first-order valence-electron chi connectivity index (χ1n) is 6.59. The minimum Gasteiger partial charge on any atom is -0.491 e. The molecule has 0 aliphatic heterocycles. The van der Waals surface area contributed by atoms with E-state index in [1.807, 2.05) is 26.0 Å². The maximum absolute atomic E-state index is 12.0. The highest BCUT2D eigenvalue weighted by Crippen LogP contribution is 2.17. The molecule has 2 aromatic rings. The second kappa shape index (κ2) is 6.71. The number of amides is 1. The van der Waals surface area contributed by atoms with Gasteiger partial charge in [-0.05, 0) is 50.2 Å². The zero-order valence-electron chi connectivity index (χ0n) is 12.0. The summed E-state index contributed by atoms with van der Waals surface area (Å²) in [6, 6.07) is 10.5. The summed E-state index contributed by atoms with van der Waals surface area (Å²) in [5.74, 6) is 6.26.